The SMILES string of the molecule is O=C(C1CN(Cc2ccc(F)c(F)c2)CCO1)N1CCCCC1. The normalized spacial score (nSPS) is 23.0. The fourth-order valence-corrected chi connectivity index (χ4v) is 3.21. The van der Waals surface area contributed by atoms with Crippen molar-refractivity contribution in [3.8, 4) is 0 Å². The molecule has 0 N–H and O–H groups in total. The van der Waals surface area contributed by atoms with Crippen LogP contribution in [-0.2, 0) is 16.1 Å². The van der Waals surface area contributed by atoms with Crippen molar-refractivity contribution in [1.29, 1.82) is 0 Å². The molecule has 2 heterocycles. The number of benzene rings is 1. The van der Waals surface area contributed by atoms with Crippen LogP contribution in [0.25, 0.3) is 0 Å². The van der Waals surface area contributed by atoms with Gasteiger partial charge in [0.15, 0.2) is 11.6 Å². The highest BCUT2D eigenvalue weighted by Crippen LogP contribution is 2.17. The van der Waals surface area contributed by atoms with E-state index in [0.717, 1.165) is 32.0 Å². The molecule has 1 aromatic rings. The Kier molecular flexibility index (Phi) is 5.23. The van der Waals surface area contributed by atoms with Crippen LogP contribution in [0.3, 0.4) is 0 Å². The van der Waals surface area contributed by atoms with Crippen molar-refractivity contribution in [2.24, 2.45) is 0 Å². The molecule has 0 bridgehead atoms. The van der Waals surface area contributed by atoms with Crippen LogP contribution in [0.15, 0.2) is 18.2 Å². The predicted octanol–water partition coefficient (Wildman–Crippen LogP) is 2.18. The Morgan fingerprint density at radius 1 is 1.13 bits per heavy atom. The van der Waals surface area contributed by atoms with Gasteiger partial charge in [0, 0.05) is 32.7 Å². The number of piperidine rings is 1. The van der Waals surface area contributed by atoms with E-state index in [1.165, 1.54) is 12.5 Å². The van der Waals surface area contributed by atoms with Gasteiger partial charge in [-0.25, -0.2) is 8.78 Å². The number of carbonyl (C=O) groups excluding carboxylic acids is 1. The molecule has 1 unspecified atom stereocenters. The number of likely N-dealkylation sites (tertiary alicyclic amines) is 1. The fraction of sp³-hybridized carbons (Fsp3) is 0.588. The second-order valence-electron chi connectivity index (χ2n) is 6.23. The molecule has 2 fully saturated rings. The zero-order valence-corrected chi connectivity index (χ0v) is 13.1. The van der Waals surface area contributed by atoms with Crippen LogP contribution >= 0.6 is 0 Å². The van der Waals surface area contributed by atoms with E-state index in [1.54, 1.807) is 6.07 Å². The minimum atomic E-state index is -0.839. The molecular formula is C17H22F2N2O2. The van der Waals surface area contributed by atoms with Crippen LogP contribution in [-0.4, -0.2) is 54.6 Å². The van der Waals surface area contributed by atoms with E-state index in [0.29, 0.717) is 31.8 Å². The number of rotatable bonds is 3. The maximum absolute atomic E-state index is 13.3. The topological polar surface area (TPSA) is 32.8 Å². The summed E-state index contributed by atoms with van der Waals surface area (Å²) in [6.07, 6.45) is 2.83. The predicted molar refractivity (Wildman–Crippen MR) is 81.8 cm³/mol. The van der Waals surface area contributed by atoms with Gasteiger partial charge in [0.25, 0.3) is 5.91 Å². The smallest absolute Gasteiger partial charge is 0.253 e. The molecule has 1 aromatic carbocycles. The second-order valence-corrected chi connectivity index (χ2v) is 6.23. The summed E-state index contributed by atoms with van der Waals surface area (Å²) >= 11 is 0. The van der Waals surface area contributed by atoms with Crippen molar-refractivity contribution in [3.63, 3.8) is 0 Å². The minimum Gasteiger partial charge on any atom is -0.366 e. The van der Waals surface area contributed by atoms with E-state index < -0.39 is 17.7 Å². The van der Waals surface area contributed by atoms with Crippen LogP contribution in [0.4, 0.5) is 8.78 Å². The molecular weight excluding hydrogens is 302 g/mol. The first kappa shape index (κ1) is 16.3. The lowest BCUT2D eigenvalue weighted by Crippen LogP contribution is -2.51. The molecule has 6 heteroatoms. The van der Waals surface area contributed by atoms with Crippen molar-refractivity contribution in [1.82, 2.24) is 9.80 Å². The number of ether oxygens (including phenoxy) is 1. The molecule has 2 aliphatic heterocycles. The highest BCUT2D eigenvalue weighted by atomic mass is 19.2. The number of nitrogens with zero attached hydrogens (tertiary/aromatic N) is 2. The number of amides is 1. The molecule has 2 aliphatic rings. The molecule has 4 nitrogen and oxygen atoms in total. The fourth-order valence-electron chi connectivity index (χ4n) is 3.21. The number of carbonyl (C=O) groups is 1. The molecule has 1 amide bonds. The van der Waals surface area contributed by atoms with Crippen molar-refractivity contribution in [3.05, 3.63) is 35.4 Å². The van der Waals surface area contributed by atoms with Gasteiger partial charge in [-0.2, -0.15) is 0 Å². The third-order valence-electron chi connectivity index (χ3n) is 4.48. The van der Waals surface area contributed by atoms with Crippen LogP contribution < -0.4 is 0 Å². The van der Waals surface area contributed by atoms with E-state index in [9.17, 15) is 13.6 Å². The number of morpholine rings is 1. The third kappa shape index (κ3) is 4.06. The number of hydrogen-bond donors (Lipinski definition) is 0. The van der Waals surface area contributed by atoms with E-state index in [1.807, 2.05) is 4.90 Å². The summed E-state index contributed by atoms with van der Waals surface area (Å²) in [6.45, 7) is 3.76. The van der Waals surface area contributed by atoms with Crippen molar-refractivity contribution >= 4 is 5.91 Å². The zero-order chi connectivity index (χ0) is 16.2. The first-order chi connectivity index (χ1) is 11.1. The maximum atomic E-state index is 13.3. The van der Waals surface area contributed by atoms with Gasteiger partial charge < -0.3 is 9.64 Å². The Hall–Kier alpha value is -1.53. The van der Waals surface area contributed by atoms with Crippen molar-refractivity contribution in [2.45, 2.75) is 31.9 Å². The average Bonchev–Trinajstić information content (AvgIpc) is 2.58. The molecule has 0 radical (unpaired) electrons. The molecule has 23 heavy (non-hydrogen) atoms. The Balaban J connectivity index is 1.59. The molecule has 0 aliphatic carbocycles. The summed E-state index contributed by atoms with van der Waals surface area (Å²) in [5.74, 6) is -1.62. The number of halogens is 2. The van der Waals surface area contributed by atoms with Crippen LogP contribution in [0, 0.1) is 11.6 Å². The monoisotopic (exact) mass is 324 g/mol. The van der Waals surface area contributed by atoms with E-state index >= 15 is 0 Å². The van der Waals surface area contributed by atoms with Crippen molar-refractivity contribution in [2.75, 3.05) is 32.8 Å². The van der Waals surface area contributed by atoms with Gasteiger partial charge >= 0.3 is 0 Å². The first-order valence-corrected chi connectivity index (χ1v) is 8.20. The number of hydrogen-bond acceptors (Lipinski definition) is 3. The molecule has 2 saturated heterocycles. The lowest BCUT2D eigenvalue weighted by Gasteiger charge is -2.36. The Bertz CT molecular complexity index is 562. The average molecular weight is 324 g/mol. The largest absolute Gasteiger partial charge is 0.366 e. The van der Waals surface area contributed by atoms with Crippen molar-refractivity contribution < 1.29 is 18.3 Å². The highest BCUT2D eigenvalue weighted by Gasteiger charge is 2.30. The summed E-state index contributed by atoms with van der Waals surface area (Å²) in [6, 6.07) is 3.93. The van der Waals surface area contributed by atoms with E-state index in [-0.39, 0.29) is 5.91 Å². The molecule has 126 valence electrons. The van der Waals surface area contributed by atoms with Crippen LogP contribution in [0.5, 0.6) is 0 Å². The summed E-state index contributed by atoms with van der Waals surface area (Å²) in [5.41, 5.74) is 0.704. The lowest BCUT2D eigenvalue weighted by atomic mass is 10.1. The standard InChI is InChI=1S/C17H22F2N2O2/c18-14-5-4-13(10-15(14)19)11-20-8-9-23-16(12-20)17(22)21-6-2-1-3-7-21/h4-5,10,16H,1-3,6-9,11-12H2. The minimum absolute atomic E-state index is 0.0553. The molecule has 1 atom stereocenters. The summed E-state index contributed by atoms with van der Waals surface area (Å²) in [7, 11) is 0. The zero-order valence-electron chi connectivity index (χ0n) is 13.1. The Morgan fingerprint density at radius 2 is 1.91 bits per heavy atom. The van der Waals surface area contributed by atoms with Gasteiger partial charge in [-0.05, 0) is 37.0 Å². The third-order valence-corrected chi connectivity index (χ3v) is 4.48. The van der Waals surface area contributed by atoms with Gasteiger partial charge in [-0.1, -0.05) is 6.07 Å². The van der Waals surface area contributed by atoms with Gasteiger partial charge in [0.1, 0.15) is 6.10 Å². The Labute approximate surface area is 135 Å². The van der Waals surface area contributed by atoms with Crippen LogP contribution in [0.2, 0.25) is 0 Å². The molecule has 0 aromatic heterocycles. The quantitative estimate of drug-likeness (QED) is 0.854. The first-order valence-electron chi connectivity index (χ1n) is 8.20. The molecule has 0 spiro atoms. The van der Waals surface area contributed by atoms with Crippen LogP contribution in [0.1, 0.15) is 24.8 Å². The van der Waals surface area contributed by atoms with Gasteiger partial charge in [0.05, 0.1) is 6.61 Å². The van der Waals surface area contributed by atoms with Gasteiger partial charge in [0.2, 0.25) is 0 Å². The molecule has 3 rings (SSSR count). The second kappa shape index (κ2) is 7.36. The van der Waals surface area contributed by atoms with Gasteiger partial charge in [-0.3, -0.25) is 9.69 Å². The highest BCUT2D eigenvalue weighted by molar-refractivity contribution is 5.81. The molecule has 0 saturated carbocycles. The summed E-state index contributed by atoms with van der Waals surface area (Å²) in [4.78, 5) is 16.5. The summed E-state index contributed by atoms with van der Waals surface area (Å²) in [5, 5.41) is 0. The van der Waals surface area contributed by atoms with Gasteiger partial charge in [-0.15, -0.1) is 0 Å². The Morgan fingerprint density at radius 3 is 2.65 bits per heavy atom. The summed E-state index contributed by atoms with van der Waals surface area (Å²) < 4.78 is 31.9. The lowest BCUT2D eigenvalue weighted by molar-refractivity contribution is -0.150. The maximum Gasteiger partial charge on any atom is 0.253 e. The van der Waals surface area contributed by atoms with E-state index in [2.05, 4.69) is 4.90 Å². The van der Waals surface area contributed by atoms with E-state index in [4.69, 9.17) is 4.74 Å².